The highest BCUT2D eigenvalue weighted by atomic mass is 35.5. The molecule has 128 valence electrons. The summed E-state index contributed by atoms with van der Waals surface area (Å²) in [7, 11) is 3.23. The maximum absolute atomic E-state index is 12.1. The number of carbonyl (C=O) groups excluding carboxylic acids is 2. The van der Waals surface area contributed by atoms with Crippen molar-refractivity contribution in [2.24, 2.45) is 7.05 Å². The van der Waals surface area contributed by atoms with E-state index in [1.807, 2.05) is 0 Å². The van der Waals surface area contributed by atoms with Gasteiger partial charge in [0.1, 0.15) is 10.9 Å². The maximum Gasteiger partial charge on any atom is 0.256 e. The minimum absolute atomic E-state index is 0.220. The van der Waals surface area contributed by atoms with Gasteiger partial charge in [0.05, 0.1) is 18.4 Å². The first-order chi connectivity index (χ1) is 11.4. The molecule has 8 heteroatoms. The molecule has 1 heterocycles. The summed E-state index contributed by atoms with van der Waals surface area (Å²) in [5, 5.41) is 9.81. The average molecular weight is 351 g/mol. The Hall–Kier alpha value is -2.54. The van der Waals surface area contributed by atoms with Crippen LogP contribution in [0.25, 0.3) is 0 Å². The van der Waals surface area contributed by atoms with E-state index in [2.05, 4.69) is 15.7 Å². The molecule has 0 spiro atoms. The van der Waals surface area contributed by atoms with Crippen LogP contribution in [-0.4, -0.2) is 41.8 Å². The van der Waals surface area contributed by atoms with Crippen molar-refractivity contribution < 1.29 is 14.3 Å². The van der Waals surface area contributed by atoms with Gasteiger partial charge in [0, 0.05) is 25.7 Å². The minimum atomic E-state index is -0.315. The van der Waals surface area contributed by atoms with Crippen molar-refractivity contribution in [3.8, 4) is 5.75 Å². The highest BCUT2D eigenvalue weighted by Gasteiger charge is 2.18. The zero-order chi connectivity index (χ0) is 17.7. The molecule has 0 unspecified atom stereocenters. The molecule has 0 fully saturated rings. The summed E-state index contributed by atoms with van der Waals surface area (Å²) in [5.74, 6) is 0.148. The molecule has 0 aliphatic carbocycles. The second kappa shape index (κ2) is 7.83. The number of rotatable bonds is 6. The molecule has 24 heavy (non-hydrogen) atoms. The largest absolute Gasteiger partial charge is 0.497 e. The van der Waals surface area contributed by atoms with E-state index < -0.39 is 0 Å². The Labute approximate surface area is 144 Å². The van der Waals surface area contributed by atoms with Gasteiger partial charge in [-0.3, -0.25) is 14.3 Å². The van der Waals surface area contributed by atoms with Gasteiger partial charge in [0.25, 0.3) is 11.8 Å². The first kappa shape index (κ1) is 17.8. The summed E-state index contributed by atoms with van der Waals surface area (Å²) in [4.78, 5) is 24.1. The molecule has 0 aliphatic heterocycles. The number of aryl methyl sites for hydroxylation is 2. The Morgan fingerprint density at radius 2 is 1.75 bits per heavy atom. The monoisotopic (exact) mass is 350 g/mol. The molecule has 2 amide bonds. The van der Waals surface area contributed by atoms with Gasteiger partial charge in [-0.15, -0.1) is 0 Å². The number of nitrogens with zero attached hydrogens (tertiary/aromatic N) is 2. The van der Waals surface area contributed by atoms with Crippen LogP contribution in [0.3, 0.4) is 0 Å². The lowest BCUT2D eigenvalue weighted by atomic mass is 10.2. The fraction of sp³-hybridized carbons (Fsp3) is 0.312. The highest BCUT2D eigenvalue weighted by molar-refractivity contribution is 6.33. The van der Waals surface area contributed by atoms with Crippen molar-refractivity contribution in [2.45, 2.75) is 6.92 Å². The number of benzene rings is 1. The Balaban J connectivity index is 1.81. The van der Waals surface area contributed by atoms with E-state index in [1.165, 1.54) is 4.68 Å². The molecule has 2 N–H and O–H groups in total. The zero-order valence-electron chi connectivity index (χ0n) is 13.7. The molecule has 7 nitrogen and oxygen atoms in total. The van der Waals surface area contributed by atoms with Gasteiger partial charge in [0.2, 0.25) is 0 Å². The SMILES string of the molecule is COc1ccc(C(=O)NCCNC(=O)c2c(C)nn(C)c2Cl)cc1. The molecule has 0 bridgehead atoms. The van der Waals surface area contributed by atoms with Crippen LogP contribution in [0, 0.1) is 6.92 Å². The maximum atomic E-state index is 12.1. The second-order valence-electron chi connectivity index (χ2n) is 5.12. The van der Waals surface area contributed by atoms with Crippen LogP contribution >= 0.6 is 11.6 Å². The van der Waals surface area contributed by atoms with E-state index in [1.54, 1.807) is 45.3 Å². The molecule has 0 radical (unpaired) electrons. The third-order valence-corrected chi connectivity index (χ3v) is 3.86. The molecule has 1 aromatic heterocycles. The van der Waals surface area contributed by atoms with Crippen molar-refractivity contribution in [3.63, 3.8) is 0 Å². The summed E-state index contributed by atoms with van der Waals surface area (Å²) in [5.41, 5.74) is 1.43. The molecule has 2 rings (SSSR count). The molecule has 0 saturated heterocycles. The quantitative estimate of drug-likeness (QED) is 0.774. The van der Waals surface area contributed by atoms with Crippen LogP contribution in [0.1, 0.15) is 26.4 Å². The number of nitrogens with one attached hydrogen (secondary N) is 2. The van der Waals surface area contributed by atoms with Crippen LogP contribution in [-0.2, 0) is 7.05 Å². The molecule has 0 aliphatic rings. The lowest BCUT2D eigenvalue weighted by Gasteiger charge is -2.08. The first-order valence-corrected chi connectivity index (χ1v) is 7.71. The predicted octanol–water partition coefficient (Wildman–Crippen LogP) is 1.55. The van der Waals surface area contributed by atoms with Crippen LogP contribution in [0.15, 0.2) is 24.3 Å². The number of aromatic nitrogens is 2. The number of carbonyl (C=O) groups is 2. The van der Waals surface area contributed by atoms with Crippen LogP contribution in [0.2, 0.25) is 5.15 Å². The third-order valence-electron chi connectivity index (χ3n) is 3.43. The van der Waals surface area contributed by atoms with Crippen LogP contribution < -0.4 is 15.4 Å². The summed E-state index contributed by atoms with van der Waals surface area (Å²) >= 11 is 6.04. The Bertz CT molecular complexity index is 741. The number of ether oxygens (including phenoxy) is 1. The second-order valence-corrected chi connectivity index (χ2v) is 5.47. The lowest BCUT2D eigenvalue weighted by molar-refractivity contribution is 0.0927. The summed E-state index contributed by atoms with van der Waals surface area (Å²) in [6.07, 6.45) is 0. The van der Waals surface area contributed by atoms with Gasteiger partial charge < -0.3 is 15.4 Å². The van der Waals surface area contributed by atoms with E-state index in [9.17, 15) is 9.59 Å². The fourth-order valence-corrected chi connectivity index (χ4v) is 2.43. The standard InChI is InChI=1S/C16H19ClN4O3/c1-10-13(14(17)21(2)20-10)16(23)19-9-8-18-15(22)11-4-6-12(24-3)7-5-11/h4-7H,8-9H2,1-3H3,(H,18,22)(H,19,23). The van der Waals surface area contributed by atoms with Crippen molar-refractivity contribution in [2.75, 3.05) is 20.2 Å². The van der Waals surface area contributed by atoms with E-state index in [4.69, 9.17) is 16.3 Å². The Morgan fingerprint density at radius 1 is 1.17 bits per heavy atom. The zero-order valence-corrected chi connectivity index (χ0v) is 14.5. The van der Waals surface area contributed by atoms with Gasteiger partial charge in [-0.2, -0.15) is 5.10 Å². The first-order valence-electron chi connectivity index (χ1n) is 7.33. The van der Waals surface area contributed by atoms with Gasteiger partial charge in [-0.05, 0) is 31.2 Å². The van der Waals surface area contributed by atoms with Gasteiger partial charge in [-0.1, -0.05) is 11.6 Å². The van der Waals surface area contributed by atoms with E-state index in [-0.39, 0.29) is 23.5 Å². The molecular formula is C16H19ClN4O3. The lowest BCUT2D eigenvalue weighted by Crippen LogP contribution is -2.34. The van der Waals surface area contributed by atoms with Gasteiger partial charge >= 0.3 is 0 Å². The van der Waals surface area contributed by atoms with Crippen LogP contribution in [0.4, 0.5) is 0 Å². The molecule has 0 atom stereocenters. The smallest absolute Gasteiger partial charge is 0.256 e. The van der Waals surface area contributed by atoms with Crippen molar-refractivity contribution in [1.82, 2.24) is 20.4 Å². The topological polar surface area (TPSA) is 85.2 Å². The number of amides is 2. The highest BCUT2D eigenvalue weighted by Crippen LogP contribution is 2.18. The fourth-order valence-electron chi connectivity index (χ4n) is 2.17. The van der Waals surface area contributed by atoms with E-state index in [0.29, 0.717) is 29.1 Å². The number of hydrogen-bond donors (Lipinski definition) is 2. The Morgan fingerprint density at radius 3 is 2.25 bits per heavy atom. The van der Waals surface area contributed by atoms with Gasteiger partial charge in [-0.25, -0.2) is 0 Å². The predicted molar refractivity (Wildman–Crippen MR) is 90.6 cm³/mol. The van der Waals surface area contributed by atoms with Crippen molar-refractivity contribution in [1.29, 1.82) is 0 Å². The molecular weight excluding hydrogens is 332 g/mol. The Kier molecular flexibility index (Phi) is 5.81. The number of halogens is 1. The average Bonchev–Trinajstić information content (AvgIpc) is 2.83. The minimum Gasteiger partial charge on any atom is -0.497 e. The summed E-state index contributed by atoms with van der Waals surface area (Å²) in [6.45, 7) is 2.30. The van der Waals surface area contributed by atoms with Crippen molar-refractivity contribution in [3.05, 3.63) is 46.2 Å². The van der Waals surface area contributed by atoms with E-state index >= 15 is 0 Å². The van der Waals surface area contributed by atoms with Gasteiger partial charge in [0.15, 0.2) is 0 Å². The third kappa shape index (κ3) is 4.05. The summed E-state index contributed by atoms with van der Waals surface area (Å²) in [6, 6.07) is 6.77. The van der Waals surface area contributed by atoms with E-state index in [0.717, 1.165) is 0 Å². The summed E-state index contributed by atoms with van der Waals surface area (Å²) < 4.78 is 6.48. The number of methoxy groups -OCH3 is 1. The molecule has 2 aromatic rings. The normalized spacial score (nSPS) is 10.3. The molecule has 0 saturated carbocycles. The van der Waals surface area contributed by atoms with Crippen molar-refractivity contribution >= 4 is 23.4 Å². The number of hydrogen-bond acceptors (Lipinski definition) is 4. The van der Waals surface area contributed by atoms with Crippen LogP contribution in [0.5, 0.6) is 5.75 Å². The molecule has 1 aromatic carbocycles.